The van der Waals surface area contributed by atoms with Crippen LogP contribution in [0.15, 0.2) is 35.0 Å². The maximum Gasteiger partial charge on any atom is 0.259 e. The van der Waals surface area contributed by atoms with E-state index >= 15 is 0 Å². The van der Waals surface area contributed by atoms with Crippen LogP contribution in [0.2, 0.25) is 0 Å². The second-order valence-electron chi connectivity index (χ2n) is 7.34. The van der Waals surface area contributed by atoms with Crippen LogP contribution in [-0.2, 0) is 0 Å². The molecule has 1 fully saturated rings. The highest BCUT2D eigenvalue weighted by atomic mass is 16.5. The molecule has 1 unspecified atom stereocenters. The molecule has 0 radical (unpaired) electrons. The molecule has 0 aliphatic carbocycles. The molecule has 5 nitrogen and oxygen atoms in total. The van der Waals surface area contributed by atoms with Crippen molar-refractivity contribution in [3.8, 4) is 11.3 Å². The lowest BCUT2D eigenvalue weighted by atomic mass is 9.78. The summed E-state index contributed by atoms with van der Waals surface area (Å²) in [4.78, 5) is 15.0. The molecule has 1 aromatic heterocycles. The van der Waals surface area contributed by atoms with E-state index in [9.17, 15) is 9.90 Å². The van der Waals surface area contributed by atoms with Gasteiger partial charge < -0.3 is 14.5 Å². The molecule has 1 aliphatic rings. The van der Waals surface area contributed by atoms with E-state index in [1.165, 1.54) is 6.20 Å². The Balaban J connectivity index is 1.82. The Labute approximate surface area is 155 Å². The molecule has 1 N–H and O–H groups in total. The second-order valence-corrected chi connectivity index (χ2v) is 7.34. The van der Waals surface area contributed by atoms with Gasteiger partial charge in [-0.15, -0.1) is 0 Å². The molecule has 1 aromatic carbocycles. The largest absolute Gasteiger partial charge is 0.390 e. The van der Waals surface area contributed by atoms with Crippen molar-refractivity contribution in [2.75, 3.05) is 13.1 Å². The Morgan fingerprint density at radius 1 is 1.31 bits per heavy atom. The fourth-order valence-corrected chi connectivity index (χ4v) is 3.90. The van der Waals surface area contributed by atoms with Crippen LogP contribution in [-0.4, -0.2) is 39.8 Å². The third-order valence-corrected chi connectivity index (χ3v) is 5.81. The van der Waals surface area contributed by atoms with Gasteiger partial charge in [0.15, 0.2) is 5.76 Å². The molecule has 5 heteroatoms. The van der Waals surface area contributed by atoms with Crippen LogP contribution in [0, 0.1) is 12.8 Å². The van der Waals surface area contributed by atoms with E-state index in [0.717, 1.165) is 24.0 Å². The van der Waals surface area contributed by atoms with Crippen LogP contribution in [0.1, 0.15) is 55.5 Å². The number of benzene rings is 1. The van der Waals surface area contributed by atoms with Crippen LogP contribution in [0.25, 0.3) is 11.3 Å². The zero-order valence-electron chi connectivity index (χ0n) is 15.9. The minimum atomic E-state index is -0.701. The molecule has 26 heavy (non-hydrogen) atoms. The molecule has 1 atom stereocenters. The number of amides is 1. The van der Waals surface area contributed by atoms with E-state index in [1.807, 2.05) is 49.9 Å². The summed E-state index contributed by atoms with van der Waals surface area (Å²) < 4.78 is 5.39. The molecule has 0 spiro atoms. The number of hydrogen-bond donors (Lipinski definition) is 1. The predicted molar refractivity (Wildman–Crippen MR) is 101 cm³/mol. The highest BCUT2D eigenvalue weighted by Gasteiger charge is 2.38. The number of hydrogen-bond acceptors (Lipinski definition) is 4. The van der Waals surface area contributed by atoms with Crippen molar-refractivity contribution < 1.29 is 14.4 Å². The Morgan fingerprint density at radius 3 is 2.65 bits per heavy atom. The average molecular weight is 356 g/mol. The van der Waals surface area contributed by atoms with Gasteiger partial charge in [0.1, 0.15) is 5.56 Å². The van der Waals surface area contributed by atoms with Crippen molar-refractivity contribution in [3.63, 3.8) is 0 Å². The molecule has 3 rings (SSSR count). The second kappa shape index (κ2) is 7.62. The molecule has 1 aliphatic heterocycles. The van der Waals surface area contributed by atoms with Gasteiger partial charge in [0.2, 0.25) is 0 Å². The number of aliphatic hydroxyl groups is 1. The van der Waals surface area contributed by atoms with Gasteiger partial charge in [-0.25, -0.2) is 0 Å². The molecule has 1 saturated heterocycles. The summed E-state index contributed by atoms with van der Waals surface area (Å²) in [6.45, 7) is 7.33. The zero-order valence-corrected chi connectivity index (χ0v) is 15.9. The van der Waals surface area contributed by atoms with Crippen molar-refractivity contribution in [2.24, 2.45) is 5.92 Å². The molecule has 140 valence electrons. The van der Waals surface area contributed by atoms with Crippen molar-refractivity contribution in [3.05, 3.63) is 41.6 Å². The van der Waals surface area contributed by atoms with Crippen molar-refractivity contribution in [1.82, 2.24) is 10.1 Å². The van der Waals surface area contributed by atoms with Crippen molar-refractivity contribution >= 4 is 5.91 Å². The van der Waals surface area contributed by atoms with Crippen LogP contribution in [0.3, 0.4) is 0 Å². The third kappa shape index (κ3) is 3.54. The van der Waals surface area contributed by atoms with Crippen LogP contribution < -0.4 is 0 Å². The Morgan fingerprint density at radius 2 is 2.00 bits per heavy atom. The smallest absolute Gasteiger partial charge is 0.259 e. The first kappa shape index (κ1) is 18.6. The lowest BCUT2D eigenvalue weighted by molar-refractivity contribution is -0.0492. The van der Waals surface area contributed by atoms with Crippen LogP contribution in [0.4, 0.5) is 0 Å². The van der Waals surface area contributed by atoms with Gasteiger partial charge in [-0.3, -0.25) is 4.79 Å². The van der Waals surface area contributed by atoms with Crippen molar-refractivity contribution in [1.29, 1.82) is 0 Å². The number of aromatic nitrogens is 1. The lowest BCUT2D eigenvalue weighted by Gasteiger charge is -2.41. The Hall–Kier alpha value is -2.14. The number of carbonyl (C=O) groups is 1. The third-order valence-electron chi connectivity index (χ3n) is 5.81. The lowest BCUT2D eigenvalue weighted by Crippen LogP contribution is -2.49. The van der Waals surface area contributed by atoms with E-state index in [2.05, 4.69) is 5.16 Å². The van der Waals surface area contributed by atoms with E-state index in [1.54, 1.807) is 0 Å². The number of carbonyl (C=O) groups excluding carboxylic acids is 1. The quantitative estimate of drug-likeness (QED) is 0.877. The first-order valence-electron chi connectivity index (χ1n) is 9.52. The normalized spacial score (nSPS) is 18.2. The predicted octanol–water partition coefficient (Wildman–Crippen LogP) is 4.05. The number of aryl methyl sites for hydroxylation is 1. The van der Waals surface area contributed by atoms with Gasteiger partial charge in [-0.1, -0.05) is 48.8 Å². The SMILES string of the molecule is CCC(O)(CC)C1CCCN(C(=O)c2cnoc2-c2ccc(C)cc2)C1. The first-order chi connectivity index (χ1) is 12.5. The van der Waals surface area contributed by atoms with E-state index in [4.69, 9.17) is 4.52 Å². The highest BCUT2D eigenvalue weighted by Crippen LogP contribution is 2.34. The van der Waals surface area contributed by atoms with Gasteiger partial charge in [-0.2, -0.15) is 0 Å². The summed E-state index contributed by atoms with van der Waals surface area (Å²) in [6, 6.07) is 7.87. The van der Waals surface area contributed by atoms with E-state index < -0.39 is 5.60 Å². The standard InChI is InChI=1S/C21H28N2O3/c1-4-21(25,5-2)17-7-6-12-23(14-17)20(24)18-13-22-26-19(18)16-10-8-15(3)9-11-16/h8-11,13,17,25H,4-7,12,14H2,1-3H3. The number of rotatable bonds is 5. The average Bonchev–Trinajstić information content (AvgIpc) is 3.17. The molecule has 0 saturated carbocycles. The van der Waals surface area contributed by atoms with Crippen LogP contribution in [0.5, 0.6) is 0 Å². The molecular weight excluding hydrogens is 328 g/mol. The fraction of sp³-hybridized carbons (Fsp3) is 0.524. The zero-order chi connectivity index (χ0) is 18.7. The fourth-order valence-electron chi connectivity index (χ4n) is 3.90. The van der Waals surface area contributed by atoms with Crippen molar-refractivity contribution in [2.45, 2.75) is 52.1 Å². The summed E-state index contributed by atoms with van der Waals surface area (Å²) in [7, 11) is 0. The summed E-state index contributed by atoms with van der Waals surface area (Å²) in [5.41, 5.74) is 1.79. The first-order valence-corrected chi connectivity index (χ1v) is 9.52. The Kier molecular flexibility index (Phi) is 5.47. The van der Waals surface area contributed by atoms with Gasteiger partial charge in [0, 0.05) is 24.6 Å². The van der Waals surface area contributed by atoms with Gasteiger partial charge >= 0.3 is 0 Å². The maximum atomic E-state index is 13.1. The van der Waals surface area contributed by atoms with Gasteiger partial charge in [0.05, 0.1) is 11.8 Å². The van der Waals surface area contributed by atoms with Gasteiger partial charge in [-0.05, 0) is 32.6 Å². The summed E-state index contributed by atoms with van der Waals surface area (Å²) in [6.07, 6.45) is 4.78. The number of nitrogens with zero attached hydrogens (tertiary/aromatic N) is 2. The molecule has 2 heterocycles. The minimum absolute atomic E-state index is 0.0684. The topological polar surface area (TPSA) is 66.6 Å². The van der Waals surface area contributed by atoms with E-state index in [-0.39, 0.29) is 11.8 Å². The molecule has 0 bridgehead atoms. The number of likely N-dealkylation sites (tertiary alicyclic amines) is 1. The molecule has 1 amide bonds. The monoisotopic (exact) mass is 356 g/mol. The molecule has 2 aromatic rings. The minimum Gasteiger partial charge on any atom is -0.390 e. The maximum absolute atomic E-state index is 13.1. The summed E-state index contributed by atoms with van der Waals surface area (Å²) >= 11 is 0. The highest BCUT2D eigenvalue weighted by molar-refractivity contribution is 5.99. The summed E-state index contributed by atoms with van der Waals surface area (Å²) in [5, 5.41) is 14.7. The van der Waals surface area contributed by atoms with Gasteiger partial charge in [0.25, 0.3) is 5.91 Å². The van der Waals surface area contributed by atoms with Crippen LogP contribution >= 0.6 is 0 Å². The summed E-state index contributed by atoms with van der Waals surface area (Å²) in [5.74, 6) is 0.553. The Bertz CT molecular complexity index is 747. The number of piperidine rings is 1. The van der Waals surface area contributed by atoms with E-state index in [0.29, 0.717) is 37.3 Å². The molecular formula is C21H28N2O3.